The number of aliphatic hydroxyl groups excluding tert-OH is 1. The number of nitrogens with one attached hydrogen (secondary N) is 1. The molecule has 0 amide bonds. The van der Waals surface area contributed by atoms with Crippen LogP contribution in [0.1, 0.15) is 19.4 Å². The zero-order valence-electron chi connectivity index (χ0n) is 11.6. The van der Waals surface area contributed by atoms with E-state index in [4.69, 9.17) is 5.11 Å². The Hall–Kier alpha value is -1.34. The summed E-state index contributed by atoms with van der Waals surface area (Å²) in [6.07, 6.45) is -3.52. The summed E-state index contributed by atoms with van der Waals surface area (Å²) in [5.41, 5.74) is -0.750. The van der Waals surface area contributed by atoms with E-state index in [0.29, 0.717) is 25.5 Å². The maximum atomic E-state index is 12.4. The molecular weight excluding hydrogens is 271 g/mol. The second kappa shape index (κ2) is 7.44. The molecule has 1 saturated heterocycles. The number of pyridine rings is 1. The van der Waals surface area contributed by atoms with Crippen LogP contribution in [0.3, 0.4) is 0 Å². The minimum absolute atomic E-state index is 0.00284. The molecule has 20 heavy (non-hydrogen) atoms. The number of halogens is 3. The lowest BCUT2D eigenvalue weighted by molar-refractivity contribution is -0.137. The Balaban J connectivity index is 0.000000956. The first-order valence-electron chi connectivity index (χ1n) is 6.63. The van der Waals surface area contributed by atoms with Crippen molar-refractivity contribution in [3.05, 3.63) is 23.9 Å². The van der Waals surface area contributed by atoms with Gasteiger partial charge < -0.3 is 15.3 Å². The fourth-order valence-electron chi connectivity index (χ4n) is 1.90. The van der Waals surface area contributed by atoms with E-state index in [1.807, 2.05) is 18.7 Å². The number of nitrogens with zero attached hydrogens (tertiary/aromatic N) is 2. The monoisotopic (exact) mass is 291 g/mol. The smallest absolute Gasteiger partial charge is 0.395 e. The number of anilines is 1. The quantitative estimate of drug-likeness (QED) is 0.874. The minimum Gasteiger partial charge on any atom is -0.395 e. The molecule has 0 radical (unpaired) electrons. The van der Waals surface area contributed by atoms with Crippen LogP contribution in [0.15, 0.2) is 18.3 Å². The molecule has 1 fully saturated rings. The van der Waals surface area contributed by atoms with Gasteiger partial charge in [-0.25, -0.2) is 4.98 Å². The van der Waals surface area contributed by atoms with Crippen molar-refractivity contribution in [1.82, 2.24) is 10.3 Å². The maximum Gasteiger partial charge on any atom is 0.417 e. The average Bonchev–Trinajstić information content (AvgIpc) is 2.48. The van der Waals surface area contributed by atoms with Crippen molar-refractivity contribution in [2.24, 2.45) is 0 Å². The first kappa shape index (κ1) is 16.7. The van der Waals surface area contributed by atoms with E-state index in [1.165, 1.54) is 6.07 Å². The summed E-state index contributed by atoms with van der Waals surface area (Å²) in [5.74, 6) is 0.503. The van der Waals surface area contributed by atoms with Crippen LogP contribution in [0.5, 0.6) is 0 Å². The fraction of sp³-hybridized carbons (Fsp3) is 0.615. The molecule has 1 aliphatic heterocycles. The Kier molecular flexibility index (Phi) is 6.22. The zero-order valence-corrected chi connectivity index (χ0v) is 11.6. The molecule has 1 aromatic heterocycles. The van der Waals surface area contributed by atoms with Crippen LogP contribution in [0.4, 0.5) is 19.0 Å². The Morgan fingerprint density at radius 1 is 1.40 bits per heavy atom. The molecular formula is C13H20F3N3O. The van der Waals surface area contributed by atoms with Crippen molar-refractivity contribution >= 4 is 5.82 Å². The number of hydrogen-bond acceptors (Lipinski definition) is 4. The number of hydrogen-bond donors (Lipinski definition) is 2. The third-order valence-corrected chi connectivity index (χ3v) is 2.88. The van der Waals surface area contributed by atoms with Crippen molar-refractivity contribution < 1.29 is 18.3 Å². The second-order valence-corrected chi connectivity index (χ2v) is 4.18. The highest BCUT2D eigenvalue weighted by Gasteiger charge is 2.31. The van der Waals surface area contributed by atoms with E-state index in [2.05, 4.69) is 10.3 Å². The molecule has 1 atom stereocenters. The Morgan fingerprint density at radius 2 is 2.10 bits per heavy atom. The molecule has 0 bridgehead atoms. The lowest BCUT2D eigenvalue weighted by Crippen LogP contribution is -2.52. The summed E-state index contributed by atoms with van der Waals surface area (Å²) in [4.78, 5) is 5.69. The molecule has 7 heteroatoms. The van der Waals surface area contributed by atoms with Crippen molar-refractivity contribution in [3.8, 4) is 0 Å². The molecule has 114 valence electrons. The van der Waals surface area contributed by atoms with Gasteiger partial charge in [0.15, 0.2) is 0 Å². The summed E-state index contributed by atoms with van der Waals surface area (Å²) < 4.78 is 37.1. The molecule has 2 rings (SSSR count). The van der Waals surface area contributed by atoms with Crippen molar-refractivity contribution in [3.63, 3.8) is 0 Å². The summed E-state index contributed by atoms with van der Waals surface area (Å²) >= 11 is 0. The third kappa shape index (κ3) is 4.35. The first-order valence-corrected chi connectivity index (χ1v) is 6.63. The third-order valence-electron chi connectivity index (χ3n) is 2.88. The molecule has 0 aromatic carbocycles. The highest BCUT2D eigenvalue weighted by atomic mass is 19.4. The van der Waals surface area contributed by atoms with E-state index in [0.717, 1.165) is 12.3 Å². The largest absolute Gasteiger partial charge is 0.417 e. The minimum atomic E-state index is -4.36. The Morgan fingerprint density at radius 3 is 2.60 bits per heavy atom. The predicted molar refractivity (Wildman–Crippen MR) is 71.7 cm³/mol. The van der Waals surface area contributed by atoms with Gasteiger partial charge in [0.25, 0.3) is 0 Å². The molecule has 2 N–H and O–H groups in total. The van der Waals surface area contributed by atoms with Crippen LogP contribution in [0, 0.1) is 0 Å². The summed E-state index contributed by atoms with van der Waals surface area (Å²) in [6.45, 7) is 5.87. The molecule has 0 saturated carbocycles. The Bertz CT molecular complexity index is 395. The van der Waals surface area contributed by atoms with Gasteiger partial charge in [0.2, 0.25) is 0 Å². The molecule has 2 heterocycles. The van der Waals surface area contributed by atoms with Gasteiger partial charge in [-0.3, -0.25) is 0 Å². The van der Waals surface area contributed by atoms with E-state index in [-0.39, 0.29) is 12.6 Å². The summed E-state index contributed by atoms with van der Waals surface area (Å²) in [7, 11) is 0. The number of aliphatic hydroxyl groups is 1. The van der Waals surface area contributed by atoms with Gasteiger partial charge in [0.05, 0.1) is 12.2 Å². The number of alkyl halides is 3. The molecule has 4 nitrogen and oxygen atoms in total. The van der Waals surface area contributed by atoms with Gasteiger partial charge in [-0.2, -0.15) is 13.2 Å². The molecule has 1 aromatic rings. The lowest BCUT2D eigenvalue weighted by Gasteiger charge is -2.33. The molecule has 0 spiro atoms. The predicted octanol–water partition coefficient (Wildman–Crippen LogP) is 1.90. The van der Waals surface area contributed by atoms with Gasteiger partial charge in [-0.1, -0.05) is 13.8 Å². The van der Waals surface area contributed by atoms with Gasteiger partial charge in [0.1, 0.15) is 5.82 Å². The highest BCUT2D eigenvalue weighted by Crippen LogP contribution is 2.29. The zero-order chi connectivity index (χ0) is 15.2. The van der Waals surface area contributed by atoms with Gasteiger partial charge >= 0.3 is 6.18 Å². The SMILES string of the molecule is CC.OCC1CN(c2ccc(C(F)(F)F)cn2)CCN1. The second-order valence-electron chi connectivity index (χ2n) is 4.18. The fourth-order valence-corrected chi connectivity index (χ4v) is 1.90. The van der Waals surface area contributed by atoms with E-state index in [9.17, 15) is 13.2 Å². The summed E-state index contributed by atoms with van der Waals surface area (Å²) in [6, 6.07) is 2.32. The number of rotatable bonds is 2. The Labute approximate surface area is 116 Å². The van der Waals surface area contributed by atoms with Crippen molar-refractivity contribution in [2.75, 3.05) is 31.1 Å². The highest BCUT2D eigenvalue weighted by molar-refractivity contribution is 5.40. The van der Waals surface area contributed by atoms with Crippen LogP contribution in [0.25, 0.3) is 0 Å². The topological polar surface area (TPSA) is 48.4 Å². The standard InChI is InChI=1S/C11H14F3N3O.C2H6/c12-11(13,14)8-1-2-10(16-5-8)17-4-3-15-9(6-17)7-18;1-2/h1-2,5,9,15,18H,3-4,6-7H2;1-2H3. The van der Waals surface area contributed by atoms with Gasteiger partial charge in [-0.15, -0.1) is 0 Å². The lowest BCUT2D eigenvalue weighted by atomic mass is 10.2. The number of piperazine rings is 1. The van der Waals surface area contributed by atoms with Crippen LogP contribution in [-0.2, 0) is 6.18 Å². The van der Waals surface area contributed by atoms with Crippen LogP contribution >= 0.6 is 0 Å². The van der Waals surface area contributed by atoms with E-state index < -0.39 is 11.7 Å². The molecule has 0 aliphatic carbocycles. The first-order chi connectivity index (χ1) is 9.50. The summed E-state index contributed by atoms with van der Waals surface area (Å²) in [5, 5.41) is 12.2. The number of aromatic nitrogens is 1. The maximum absolute atomic E-state index is 12.4. The van der Waals surface area contributed by atoms with Crippen LogP contribution in [-0.4, -0.2) is 42.4 Å². The van der Waals surface area contributed by atoms with Crippen molar-refractivity contribution in [1.29, 1.82) is 0 Å². The van der Waals surface area contributed by atoms with Crippen molar-refractivity contribution in [2.45, 2.75) is 26.1 Å². The molecule has 1 aliphatic rings. The van der Waals surface area contributed by atoms with Gasteiger partial charge in [-0.05, 0) is 12.1 Å². The normalized spacial score (nSPS) is 19.3. The van der Waals surface area contributed by atoms with Crippen LogP contribution in [0.2, 0.25) is 0 Å². The van der Waals surface area contributed by atoms with E-state index in [1.54, 1.807) is 0 Å². The van der Waals surface area contributed by atoms with E-state index >= 15 is 0 Å². The average molecular weight is 291 g/mol. The molecule has 1 unspecified atom stereocenters. The van der Waals surface area contributed by atoms with Crippen LogP contribution < -0.4 is 10.2 Å². The van der Waals surface area contributed by atoms with Gasteiger partial charge in [0, 0.05) is 31.9 Å².